The molecule has 2 rings (SSSR count). The molecule has 0 atom stereocenters. The molecule has 3 nitrogen and oxygen atoms in total. The van der Waals surface area contributed by atoms with Crippen molar-refractivity contribution < 1.29 is 14.6 Å². The van der Waals surface area contributed by atoms with E-state index in [1.165, 1.54) is 0 Å². The SMILES string of the molecule is CCOc1cccc(C2(O)CCC(OC)CC2)c1. The summed E-state index contributed by atoms with van der Waals surface area (Å²) in [5.74, 6) is 0.831. The lowest BCUT2D eigenvalue weighted by Gasteiger charge is -2.36. The van der Waals surface area contributed by atoms with Crippen LogP contribution in [0.25, 0.3) is 0 Å². The Bertz CT molecular complexity index is 381. The summed E-state index contributed by atoms with van der Waals surface area (Å²) in [5, 5.41) is 10.7. The first-order chi connectivity index (χ1) is 8.68. The maximum atomic E-state index is 10.7. The van der Waals surface area contributed by atoms with E-state index in [9.17, 15) is 5.11 Å². The maximum Gasteiger partial charge on any atom is 0.119 e. The molecule has 0 unspecified atom stereocenters. The lowest BCUT2D eigenvalue weighted by Crippen LogP contribution is -2.34. The summed E-state index contributed by atoms with van der Waals surface area (Å²) >= 11 is 0. The van der Waals surface area contributed by atoms with Crippen molar-refractivity contribution in [3.05, 3.63) is 29.8 Å². The van der Waals surface area contributed by atoms with E-state index >= 15 is 0 Å². The fourth-order valence-electron chi connectivity index (χ4n) is 2.64. The van der Waals surface area contributed by atoms with Gasteiger partial charge in [-0.05, 0) is 50.3 Å². The Morgan fingerprint density at radius 2 is 2.06 bits per heavy atom. The predicted octanol–water partition coefficient (Wildman–Crippen LogP) is 2.86. The normalized spacial score (nSPS) is 28.1. The zero-order valence-electron chi connectivity index (χ0n) is 11.2. The van der Waals surface area contributed by atoms with Crippen molar-refractivity contribution in [2.75, 3.05) is 13.7 Å². The van der Waals surface area contributed by atoms with Crippen LogP contribution in [0, 0.1) is 0 Å². The highest BCUT2D eigenvalue weighted by molar-refractivity contribution is 5.32. The highest BCUT2D eigenvalue weighted by Gasteiger charge is 2.34. The Hall–Kier alpha value is -1.06. The molecule has 0 spiro atoms. The zero-order valence-corrected chi connectivity index (χ0v) is 11.2. The van der Waals surface area contributed by atoms with E-state index in [1.807, 2.05) is 31.2 Å². The number of benzene rings is 1. The third-order valence-corrected chi connectivity index (χ3v) is 3.78. The van der Waals surface area contributed by atoms with Crippen LogP contribution < -0.4 is 4.74 Å². The molecular formula is C15H22O3. The fraction of sp³-hybridized carbons (Fsp3) is 0.600. The van der Waals surface area contributed by atoms with Crippen LogP contribution in [0.15, 0.2) is 24.3 Å². The van der Waals surface area contributed by atoms with Crippen molar-refractivity contribution in [1.29, 1.82) is 0 Å². The van der Waals surface area contributed by atoms with E-state index in [2.05, 4.69) is 0 Å². The van der Waals surface area contributed by atoms with Crippen molar-refractivity contribution >= 4 is 0 Å². The van der Waals surface area contributed by atoms with Crippen molar-refractivity contribution in [2.45, 2.75) is 44.3 Å². The number of aliphatic hydroxyl groups is 1. The van der Waals surface area contributed by atoms with Crippen molar-refractivity contribution in [2.24, 2.45) is 0 Å². The van der Waals surface area contributed by atoms with Crippen LogP contribution in [0.5, 0.6) is 5.75 Å². The minimum atomic E-state index is -0.720. The zero-order chi connectivity index (χ0) is 13.0. The summed E-state index contributed by atoms with van der Waals surface area (Å²) in [5.41, 5.74) is 0.241. The van der Waals surface area contributed by atoms with Crippen LogP contribution in [0.4, 0.5) is 0 Å². The second-order valence-corrected chi connectivity index (χ2v) is 4.93. The van der Waals surface area contributed by atoms with E-state index in [4.69, 9.17) is 9.47 Å². The van der Waals surface area contributed by atoms with E-state index in [-0.39, 0.29) is 0 Å². The Kier molecular flexibility index (Phi) is 4.25. The van der Waals surface area contributed by atoms with Gasteiger partial charge in [-0.25, -0.2) is 0 Å². The van der Waals surface area contributed by atoms with Crippen LogP contribution in [-0.2, 0) is 10.3 Å². The van der Waals surface area contributed by atoms with E-state index in [0.29, 0.717) is 12.7 Å². The van der Waals surface area contributed by atoms with Gasteiger partial charge in [0.2, 0.25) is 0 Å². The van der Waals surface area contributed by atoms with Crippen molar-refractivity contribution in [3.63, 3.8) is 0 Å². The van der Waals surface area contributed by atoms with Gasteiger partial charge in [-0.1, -0.05) is 12.1 Å². The molecule has 1 aliphatic rings. The van der Waals surface area contributed by atoms with E-state index in [1.54, 1.807) is 7.11 Å². The van der Waals surface area contributed by atoms with E-state index < -0.39 is 5.60 Å². The average molecular weight is 250 g/mol. The second-order valence-electron chi connectivity index (χ2n) is 4.93. The molecular weight excluding hydrogens is 228 g/mol. The third-order valence-electron chi connectivity index (χ3n) is 3.78. The van der Waals surface area contributed by atoms with Gasteiger partial charge in [0.05, 0.1) is 18.3 Å². The average Bonchev–Trinajstić information content (AvgIpc) is 2.40. The van der Waals surface area contributed by atoms with Crippen molar-refractivity contribution in [1.82, 2.24) is 0 Å². The lowest BCUT2D eigenvalue weighted by atomic mass is 9.78. The van der Waals surface area contributed by atoms with Gasteiger partial charge in [0.25, 0.3) is 0 Å². The molecule has 0 bridgehead atoms. The van der Waals surface area contributed by atoms with Gasteiger partial charge in [0, 0.05) is 7.11 Å². The summed E-state index contributed by atoms with van der Waals surface area (Å²) in [6.07, 6.45) is 3.61. The number of hydrogen-bond acceptors (Lipinski definition) is 3. The minimum Gasteiger partial charge on any atom is -0.494 e. The molecule has 0 saturated heterocycles. The maximum absolute atomic E-state index is 10.7. The summed E-state index contributed by atoms with van der Waals surface area (Å²) in [7, 11) is 1.74. The van der Waals surface area contributed by atoms with Gasteiger partial charge in [-0.15, -0.1) is 0 Å². The Morgan fingerprint density at radius 3 is 2.67 bits per heavy atom. The topological polar surface area (TPSA) is 38.7 Å². The largest absolute Gasteiger partial charge is 0.494 e. The summed E-state index contributed by atoms with van der Waals surface area (Å²) in [6.45, 7) is 2.61. The van der Waals surface area contributed by atoms with E-state index in [0.717, 1.165) is 37.0 Å². The molecule has 1 aromatic rings. The molecule has 100 valence electrons. The second kappa shape index (κ2) is 5.72. The fourth-order valence-corrected chi connectivity index (χ4v) is 2.64. The molecule has 18 heavy (non-hydrogen) atoms. The van der Waals surface area contributed by atoms with Crippen LogP contribution in [-0.4, -0.2) is 24.9 Å². The molecule has 1 aromatic carbocycles. The molecule has 1 saturated carbocycles. The predicted molar refractivity (Wildman–Crippen MR) is 70.8 cm³/mol. The Labute approximate surface area is 109 Å². The molecule has 0 heterocycles. The summed E-state index contributed by atoms with van der Waals surface area (Å²) < 4.78 is 10.8. The first kappa shape index (κ1) is 13.4. The molecule has 3 heteroatoms. The third kappa shape index (κ3) is 2.85. The van der Waals surface area contributed by atoms with Gasteiger partial charge >= 0.3 is 0 Å². The smallest absolute Gasteiger partial charge is 0.119 e. The highest BCUT2D eigenvalue weighted by Crippen LogP contribution is 2.38. The standard InChI is InChI=1S/C15H22O3/c1-3-18-14-6-4-5-12(11-14)15(16)9-7-13(17-2)8-10-15/h4-6,11,13,16H,3,7-10H2,1-2H3. The van der Waals surface area contributed by atoms with Gasteiger partial charge in [-0.2, -0.15) is 0 Å². The summed E-state index contributed by atoms with van der Waals surface area (Å²) in [6, 6.07) is 7.81. The monoisotopic (exact) mass is 250 g/mol. The summed E-state index contributed by atoms with van der Waals surface area (Å²) in [4.78, 5) is 0. The van der Waals surface area contributed by atoms with Gasteiger partial charge < -0.3 is 14.6 Å². The number of hydrogen-bond donors (Lipinski definition) is 1. The molecule has 0 amide bonds. The van der Waals surface area contributed by atoms with Crippen LogP contribution in [0.1, 0.15) is 38.2 Å². The highest BCUT2D eigenvalue weighted by atomic mass is 16.5. The molecule has 0 aliphatic heterocycles. The minimum absolute atomic E-state index is 0.292. The lowest BCUT2D eigenvalue weighted by molar-refractivity contribution is -0.0475. The molecule has 1 N–H and O–H groups in total. The molecule has 0 aromatic heterocycles. The number of rotatable bonds is 4. The number of ether oxygens (including phenoxy) is 2. The molecule has 1 aliphatic carbocycles. The van der Waals surface area contributed by atoms with Crippen LogP contribution in [0.2, 0.25) is 0 Å². The van der Waals surface area contributed by atoms with Crippen molar-refractivity contribution in [3.8, 4) is 5.75 Å². The molecule has 1 fully saturated rings. The quantitative estimate of drug-likeness (QED) is 0.893. The van der Waals surface area contributed by atoms with Gasteiger partial charge in [0.1, 0.15) is 5.75 Å². The Balaban J connectivity index is 2.12. The van der Waals surface area contributed by atoms with Crippen LogP contribution in [0.3, 0.4) is 0 Å². The Morgan fingerprint density at radius 1 is 1.33 bits per heavy atom. The number of methoxy groups -OCH3 is 1. The first-order valence-corrected chi connectivity index (χ1v) is 6.66. The van der Waals surface area contributed by atoms with Gasteiger partial charge in [-0.3, -0.25) is 0 Å². The van der Waals surface area contributed by atoms with Gasteiger partial charge in [0.15, 0.2) is 0 Å². The molecule has 0 radical (unpaired) electrons. The first-order valence-electron chi connectivity index (χ1n) is 6.66. The van der Waals surface area contributed by atoms with Crippen LogP contribution >= 0.6 is 0 Å².